The Kier molecular flexibility index (Phi) is 4.80. The fourth-order valence-electron chi connectivity index (χ4n) is 2.29. The number of rotatable bonds is 7. The van der Waals surface area contributed by atoms with Crippen LogP contribution in [0.5, 0.6) is 0 Å². The number of nitrogen functional groups attached to an aromatic ring is 1. The highest BCUT2D eigenvalue weighted by Crippen LogP contribution is 2.28. The molecule has 3 N–H and O–H groups in total. The van der Waals surface area contributed by atoms with E-state index in [4.69, 9.17) is 5.73 Å². The summed E-state index contributed by atoms with van der Waals surface area (Å²) >= 11 is 0. The number of nitrogens with one attached hydrogen (secondary N) is 1. The first-order valence-corrected chi connectivity index (χ1v) is 7.04. The van der Waals surface area contributed by atoms with E-state index in [0.717, 1.165) is 18.8 Å². The first-order chi connectivity index (χ1) is 9.19. The minimum atomic E-state index is 0.140. The van der Waals surface area contributed by atoms with Gasteiger partial charge >= 0.3 is 0 Å². The van der Waals surface area contributed by atoms with Crippen molar-refractivity contribution in [2.75, 3.05) is 18.8 Å². The lowest BCUT2D eigenvalue weighted by molar-refractivity contribution is -0.121. The Labute approximate surface area is 115 Å². The zero-order valence-electron chi connectivity index (χ0n) is 11.6. The average molecular weight is 261 g/mol. The van der Waals surface area contributed by atoms with E-state index in [1.807, 2.05) is 25.1 Å². The van der Waals surface area contributed by atoms with Gasteiger partial charge in [0, 0.05) is 37.8 Å². The summed E-state index contributed by atoms with van der Waals surface area (Å²) in [4.78, 5) is 13.9. The normalized spacial score (nSPS) is 14.6. The average Bonchev–Trinajstić information content (AvgIpc) is 3.19. The quantitative estimate of drug-likeness (QED) is 0.735. The summed E-state index contributed by atoms with van der Waals surface area (Å²) in [6, 6.07) is 8.65. The van der Waals surface area contributed by atoms with Crippen molar-refractivity contribution in [3.63, 3.8) is 0 Å². The highest BCUT2D eigenvalue weighted by Gasteiger charge is 2.28. The minimum absolute atomic E-state index is 0.140. The van der Waals surface area contributed by atoms with Gasteiger partial charge in [0.2, 0.25) is 5.91 Å². The van der Waals surface area contributed by atoms with Crippen molar-refractivity contribution in [3.05, 3.63) is 29.8 Å². The molecule has 1 aliphatic carbocycles. The Bertz CT molecular complexity index is 429. The molecule has 4 heteroatoms. The molecule has 1 amide bonds. The molecule has 0 unspecified atom stereocenters. The van der Waals surface area contributed by atoms with Crippen LogP contribution in [-0.2, 0) is 11.3 Å². The number of nitrogens with zero attached hydrogens (tertiary/aromatic N) is 1. The van der Waals surface area contributed by atoms with Crippen molar-refractivity contribution in [1.82, 2.24) is 10.2 Å². The van der Waals surface area contributed by atoms with Crippen LogP contribution < -0.4 is 11.1 Å². The number of carbonyl (C=O) groups excluding carboxylic acids is 1. The predicted molar refractivity (Wildman–Crippen MR) is 77.6 cm³/mol. The second-order valence-corrected chi connectivity index (χ2v) is 5.15. The summed E-state index contributed by atoms with van der Waals surface area (Å²) in [5.74, 6) is 0.140. The smallest absolute Gasteiger partial charge is 0.221 e. The molecule has 19 heavy (non-hydrogen) atoms. The monoisotopic (exact) mass is 261 g/mol. The molecule has 0 aromatic heterocycles. The van der Waals surface area contributed by atoms with Crippen molar-refractivity contribution in [2.24, 2.45) is 0 Å². The van der Waals surface area contributed by atoms with Crippen molar-refractivity contribution < 1.29 is 4.79 Å². The van der Waals surface area contributed by atoms with Crippen molar-refractivity contribution >= 4 is 11.6 Å². The number of hydrogen-bond acceptors (Lipinski definition) is 3. The van der Waals surface area contributed by atoms with E-state index in [9.17, 15) is 4.79 Å². The maximum atomic E-state index is 11.5. The fourth-order valence-corrected chi connectivity index (χ4v) is 2.29. The van der Waals surface area contributed by atoms with E-state index in [1.165, 1.54) is 18.4 Å². The van der Waals surface area contributed by atoms with Crippen molar-refractivity contribution in [3.8, 4) is 0 Å². The molecular formula is C15H23N3O. The van der Waals surface area contributed by atoms with Crippen LogP contribution in [0, 0.1) is 0 Å². The van der Waals surface area contributed by atoms with Crippen LogP contribution in [0.4, 0.5) is 5.69 Å². The molecule has 1 fully saturated rings. The number of hydrogen-bond donors (Lipinski definition) is 2. The molecule has 4 nitrogen and oxygen atoms in total. The predicted octanol–water partition coefficient (Wildman–Crippen LogP) is 1.76. The maximum Gasteiger partial charge on any atom is 0.221 e. The third-order valence-corrected chi connectivity index (χ3v) is 3.40. The van der Waals surface area contributed by atoms with Gasteiger partial charge < -0.3 is 11.1 Å². The van der Waals surface area contributed by atoms with Crippen LogP contribution in [0.1, 0.15) is 31.7 Å². The topological polar surface area (TPSA) is 58.4 Å². The summed E-state index contributed by atoms with van der Waals surface area (Å²) in [6.45, 7) is 4.36. The second-order valence-electron chi connectivity index (χ2n) is 5.15. The van der Waals surface area contributed by atoms with Crippen LogP contribution in [-0.4, -0.2) is 29.9 Å². The van der Waals surface area contributed by atoms with Crippen molar-refractivity contribution in [1.29, 1.82) is 0 Å². The molecule has 0 saturated heterocycles. The molecule has 0 heterocycles. The Hall–Kier alpha value is -1.55. The number of nitrogens with two attached hydrogens (primary N) is 1. The van der Waals surface area contributed by atoms with E-state index in [2.05, 4.69) is 16.3 Å². The third-order valence-electron chi connectivity index (χ3n) is 3.40. The Morgan fingerprint density at radius 2 is 2.26 bits per heavy atom. The Balaban J connectivity index is 1.88. The van der Waals surface area contributed by atoms with Gasteiger partial charge in [0.1, 0.15) is 0 Å². The highest BCUT2D eigenvalue weighted by atomic mass is 16.1. The lowest BCUT2D eigenvalue weighted by atomic mass is 10.2. The van der Waals surface area contributed by atoms with Crippen LogP contribution in [0.3, 0.4) is 0 Å². The van der Waals surface area contributed by atoms with Gasteiger partial charge in [0.05, 0.1) is 0 Å². The highest BCUT2D eigenvalue weighted by molar-refractivity contribution is 5.75. The largest absolute Gasteiger partial charge is 0.399 e. The van der Waals surface area contributed by atoms with Gasteiger partial charge in [0.25, 0.3) is 0 Å². The molecule has 0 spiro atoms. The van der Waals surface area contributed by atoms with Crippen LogP contribution in [0.15, 0.2) is 24.3 Å². The summed E-state index contributed by atoms with van der Waals surface area (Å²) in [5.41, 5.74) is 7.83. The Morgan fingerprint density at radius 1 is 1.47 bits per heavy atom. The first kappa shape index (κ1) is 13.9. The molecule has 0 atom stereocenters. The minimum Gasteiger partial charge on any atom is -0.399 e. The molecule has 0 radical (unpaired) electrons. The van der Waals surface area contributed by atoms with E-state index in [-0.39, 0.29) is 5.91 Å². The van der Waals surface area contributed by atoms with E-state index in [0.29, 0.717) is 19.0 Å². The van der Waals surface area contributed by atoms with E-state index in [1.54, 1.807) is 0 Å². The number of amides is 1. The molecule has 1 aromatic carbocycles. The second kappa shape index (κ2) is 6.57. The lowest BCUT2D eigenvalue weighted by Crippen LogP contribution is -2.32. The van der Waals surface area contributed by atoms with Gasteiger partial charge in [0.15, 0.2) is 0 Å². The molecule has 1 saturated carbocycles. The SMILES string of the molecule is CCNC(=O)CCN(Cc1cccc(N)c1)C1CC1. The van der Waals surface area contributed by atoms with Crippen LogP contribution in [0.2, 0.25) is 0 Å². The molecule has 104 valence electrons. The summed E-state index contributed by atoms with van der Waals surface area (Å²) in [7, 11) is 0. The van der Waals surface area contributed by atoms with Crippen LogP contribution >= 0.6 is 0 Å². The third kappa shape index (κ3) is 4.56. The summed E-state index contributed by atoms with van der Waals surface area (Å²) in [6.07, 6.45) is 3.07. The number of carbonyl (C=O) groups is 1. The van der Waals surface area contributed by atoms with Gasteiger partial charge in [-0.05, 0) is 37.5 Å². The van der Waals surface area contributed by atoms with Crippen LogP contribution in [0.25, 0.3) is 0 Å². The molecule has 1 aromatic rings. The first-order valence-electron chi connectivity index (χ1n) is 7.04. The standard InChI is InChI=1S/C15H23N3O/c1-2-17-15(19)8-9-18(14-6-7-14)11-12-4-3-5-13(16)10-12/h3-5,10,14H,2,6-9,11,16H2,1H3,(H,17,19). The summed E-state index contributed by atoms with van der Waals surface area (Å²) in [5, 5.41) is 2.85. The van der Waals surface area contributed by atoms with E-state index >= 15 is 0 Å². The molecule has 2 rings (SSSR count). The molecule has 1 aliphatic rings. The number of anilines is 1. The van der Waals surface area contributed by atoms with Gasteiger partial charge in [-0.1, -0.05) is 12.1 Å². The molecular weight excluding hydrogens is 238 g/mol. The Morgan fingerprint density at radius 3 is 2.89 bits per heavy atom. The van der Waals surface area contributed by atoms with Gasteiger partial charge in [-0.2, -0.15) is 0 Å². The van der Waals surface area contributed by atoms with Gasteiger partial charge in [-0.25, -0.2) is 0 Å². The molecule has 0 aliphatic heterocycles. The molecule has 0 bridgehead atoms. The zero-order valence-corrected chi connectivity index (χ0v) is 11.6. The van der Waals surface area contributed by atoms with Crippen molar-refractivity contribution in [2.45, 2.75) is 38.8 Å². The van der Waals surface area contributed by atoms with Gasteiger partial charge in [-0.15, -0.1) is 0 Å². The van der Waals surface area contributed by atoms with E-state index < -0.39 is 0 Å². The maximum absolute atomic E-state index is 11.5. The van der Waals surface area contributed by atoms with Gasteiger partial charge in [-0.3, -0.25) is 9.69 Å². The fraction of sp³-hybridized carbons (Fsp3) is 0.533. The lowest BCUT2D eigenvalue weighted by Gasteiger charge is -2.22. The summed E-state index contributed by atoms with van der Waals surface area (Å²) < 4.78 is 0. The zero-order chi connectivity index (χ0) is 13.7. The number of benzene rings is 1.